The molecule has 0 radical (unpaired) electrons. The van der Waals surface area contributed by atoms with E-state index in [0.717, 1.165) is 22.8 Å². The quantitative estimate of drug-likeness (QED) is 0.207. The van der Waals surface area contributed by atoms with Crippen molar-refractivity contribution in [2.24, 2.45) is 0 Å². The van der Waals surface area contributed by atoms with E-state index in [0.29, 0.717) is 0 Å². The van der Waals surface area contributed by atoms with Crippen LogP contribution in [0.2, 0.25) is 0 Å². The Morgan fingerprint density at radius 1 is 0.382 bits per heavy atom. The van der Waals surface area contributed by atoms with E-state index in [1.807, 2.05) is 0 Å². The lowest BCUT2D eigenvalue weighted by Crippen LogP contribution is -1.99. The summed E-state index contributed by atoms with van der Waals surface area (Å²) in [5, 5.41) is 8.32. The molecule has 0 aliphatic rings. The Labute approximate surface area is 215 Å². The van der Waals surface area contributed by atoms with Crippen molar-refractivity contribution in [3.63, 3.8) is 0 Å². The molecule has 0 bridgehead atoms. The molecule has 0 atom stereocenters. The van der Waals surface area contributed by atoms with Gasteiger partial charge in [-0.2, -0.15) is 0 Å². The Morgan fingerprint density at radius 3 is 0.853 bits per heavy atom. The van der Waals surface area contributed by atoms with Gasteiger partial charge in [-0.05, 0) is 94.4 Å². The zero-order chi connectivity index (χ0) is 23.0. The first kappa shape index (κ1) is 22.6. The summed E-state index contributed by atoms with van der Waals surface area (Å²) in [7, 11) is 0. The van der Waals surface area contributed by atoms with Crippen molar-refractivity contribution in [2.45, 2.75) is 0 Å². The van der Waals surface area contributed by atoms with E-state index in [2.05, 4.69) is 119 Å². The van der Waals surface area contributed by atoms with Gasteiger partial charge in [-0.1, -0.05) is 24.3 Å². The zero-order valence-corrected chi connectivity index (χ0v) is 21.3. The number of rotatable bonds is 8. The Hall–Kier alpha value is -3.16. The summed E-state index contributed by atoms with van der Waals surface area (Å²) in [6.45, 7) is 0. The summed E-state index contributed by atoms with van der Waals surface area (Å²) in [6.07, 6.45) is 16.6. The van der Waals surface area contributed by atoms with E-state index in [1.165, 1.54) is 19.5 Å². The molecule has 0 fully saturated rings. The van der Waals surface area contributed by atoms with Crippen LogP contribution in [0.5, 0.6) is 0 Å². The molecule has 5 heterocycles. The highest BCUT2D eigenvalue weighted by Crippen LogP contribution is 2.23. The molecule has 0 saturated heterocycles. The average Bonchev–Trinajstić information content (AvgIpc) is 3.68. The van der Waals surface area contributed by atoms with E-state index in [4.69, 9.17) is 9.97 Å². The minimum atomic E-state index is 0.848. The largest absolute Gasteiger partial charge is 0.245 e. The van der Waals surface area contributed by atoms with Gasteiger partial charge in [0.1, 0.15) is 0 Å². The third-order valence-electron chi connectivity index (χ3n) is 4.80. The van der Waals surface area contributed by atoms with Crippen molar-refractivity contribution in [1.29, 1.82) is 0 Å². The molecule has 166 valence electrons. The number of thiophene rings is 4. The zero-order valence-electron chi connectivity index (χ0n) is 18.1. The highest BCUT2D eigenvalue weighted by atomic mass is 32.1. The van der Waals surface area contributed by atoms with Gasteiger partial charge in [0.15, 0.2) is 0 Å². The molecule has 2 nitrogen and oxygen atoms in total. The highest BCUT2D eigenvalue weighted by Gasteiger charge is 2.08. The van der Waals surface area contributed by atoms with Crippen molar-refractivity contribution in [3.8, 4) is 0 Å². The molecule has 5 aromatic heterocycles. The van der Waals surface area contributed by atoms with Crippen LogP contribution in [0.25, 0.3) is 48.6 Å². The van der Waals surface area contributed by atoms with Crippen LogP contribution in [0, 0.1) is 0 Å². The first-order valence-electron chi connectivity index (χ1n) is 10.6. The van der Waals surface area contributed by atoms with E-state index in [9.17, 15) is 0 Å². The fourth-order valence-corrected chi connectivity index (χ4v) is 5.64. The standard InChI is InChI=1S/C28H20N2S4/c1-5-21(31-17-1)9-13-25-26(14-10-22-6-2-18-32-22)30-28(16-12-24-8-4-20-34-24)27(29-25)15-11-23-7-3-19-33-23/h1-20H/b13-9+,14-10+,15-11+,16-12+. The predicted octanol–water partition coefficient (Wildman–Crippen LogP) is 9.40. The van der Waals surface area contributed by atoms with E-state index >= 15 is 0 Å². The van der Waals surface area contributed by atoms with Gasteiger partial charge < -0.3 is 0 Å². The first-order chi connectivity index (χ1) is 16.8. The maximum atomic E-state index is 5.05. The maximum Gasteiger partial charge on any atom is 0.0895 e. The molecule has 0 unspecified atom stereocenters. The van der Waals surface area contributed by atoms with Gasteiger partial charge in [0.25, 0.3) is 0 Å². The summed E-state index contributed by atoms with van der Waals surface area (Å²) in [6, 6.07) is 16.6. The van der Waals surface area contributed by atoms with Crippen LogP contribution in [-0.2, 0) is 0 Å². The molecule has 6 heteroatoms. The van der Waals surface area contributed by atoms with Crippen LogP contribution in [0.3, 0.4) is 0 Å². The van der Waals surface area contributed by atoms with Crippen LogP contribution >= 0.6 is 45.3 Å². The minimum absolute atomic E-state index is 0.848. The van der Waals surface area contributed by atoms with Crippen molar-refractivity contribution in [1.82, 2.24) is 9.97 Å². The monoisotopic (exact) mass is 512 g/mol. The Bertz CT molecular complexity index is 1200. The SMILES string of the molecule is C(=C\c1nc(/C=C/c2cccs2)c(/C=C/c2cccs2)nc1/C=C/c1cccs1)/c1cccs1. The van der Waals surface area contributed by atoms with Gasteiger partial charge in [-0.3, -0.25) is 0 Å². The van der Waals surface area contributed by atoms with Gasteiger partial charge >= 0.3 is 0 Å². The maximum absolute atomic E-state index is 5.05. The molecule has 0 N–H and O–H groups in total. The van der Waals surface area contributed by atoms with Gasteiger partial charge in [-0.25, -0.2) is 9.97 Å². The Balaban J connectivity index is 1.59. The van der Waals surface area contributed by atoms with Crippen LogP contribution in [-0.4, -0.2) is 9.97 Å². The van der Waals surface area contributed by atoms with E-state index < -0.39 is 0 Å². The van der Waals surface area contributed by atoms with Gasteiger partial charge in [0, 0.05) is 19.5 Å². The fourth-order valence-electron chi connectivity index (χ4n) is 3.17. The normalized spacial score (nSPS) is 12.2. The number of hydrogen-bond acceptors (Lipinski definition) is 6. The lowest BCUT2D eigenvalue weighted by molar-refractivity contribution is 1.12. The molecule has 0 aromatic carbocycles. The molecule has 5 aromatic rings. The highest BCUT2D eigenvalue weighted by molar-refractivity contribution is 7.11. The molecule has 0 saturated carbocycles. The topological polar surface area (TPSA) is 25.8 Å². The molecule has 5 rings (SSSR count). The van der Waals surface area contributed by atoms with Crippen LogP contribution in [0.4, 0.5) is 0 Å². The lowest BCUT2D eigenvalue weighted by atomic mass is 10.1. The Morgan fingerprint density at radius 2 is 0.647 bits per heavy atom. The molecular formula is C28H20N2S4. The molecule has 0 amide bonds. The second-order valence-electron chi connectivity index (χ2n) is 7.16. The number of nitrogens with zero attached hydrogens (tertiary/aromatic N) is 2. The third kappa shape index (κ3) is 6.04. The van der Waals surface area contributed by atoms with Crippen LogP contribution < -0.4 is 0 Å². The molecule has 0 aliphatic heterocycles. The van der Waals surface area contributed by atoms with Gasteiger partial charge in [0.05, 0.1) is 22.8 Å². The Kier molecular flexibility index (Phi) is 7.53. The third-order valence-corrected chi connectivity index (χ3v) is 8.15. The lowest BCUT2D eigenvalue weighted by Gasteiger charge is -2.07. The predicted molar refractivity (Wildman–Crippen MR) is 155 cm³/mol. The summed E-state index contributed by atoms with van der Waals surface area (Å²) in [5.41, 5.74) is 3.39. The summed E-state index contributed by atoms with van der Waals surface area (Å²) in [4.78, 5) is 14.8. The smallest absolute Gasteiger partial charge is 0.0895 e. The summed E-state index contributed by atoms with van der Waals surface area (Å²) >= 11 is 6.83. The van der Waals surface area contributed by atoms with E-state index in [1.54, 1.807) is 45.3 Å². The van der Waals surface area contributed by atoms with Crippen molar-refractivity contribution in [2.75, 3.05) is 0 Å². The molecule has 34 heavy (non-hydrogen) atoms. The first-order valence-corrected chi connectivity index (χ1v) is 14.1. The van der Waals surface area contributed by atoms with Crippen molar-refractivity contribution >= 4 is 94.0 Å². The second-order valence-corrected chi connectivity index (χ2v) is 11.1. The van der Waals surface area contributed by atoms with Crippen molar-refractivity contribution < 1.29 is 0 Å². The molecule has 0 aliphatic carbocycles. The van der Waals surface area contributed by atoms with Crippen molar-refractivity contribution in [3.05, 3.63) is 112 Å². The van der Waals surface area contributed by atoms with Gasteiger partial charge in [0.2, 0.25) is 0 Å². The van der Waals surface area contributed by atoms with Crippen LogP contribution in [0.15, 0.2) is 70.1 Å². The summed E-state index contributed by atoms with van der Waals surface area (Å²) < 4.78 is 0. The summed E-state index contributed by atoms with van der Waals surface area (Å²) in [5.74, 6) is 0. The molecular weight excluding hydrogens is 493 g/mol. The second kappa shape index (κ2) is 11.3. The average molecular weight is 513 g/mol. The fraction of sp³-hybridized carbons (Fsp3) is 0. The number of hydrogen-bond donors (Lipinski definition) is 0. The minimum Gasteiger partial charge on any atom is -0.245 e. The molecule has 0 spiro atoms. The number of aromatic nitrogens is 2. The van der Waals surface area contributed by atoms with Gasteiger partial charge in [-0.15, -0.1) is 45.3 Å². The van der Waals surface area contributed by atoms with Crippen LogP contribution in [0.1, 0.15) is 42.3 Å². The van der Waals surface area contributed by atoms with E-state index in [-0.39, 0.29) is 0 Å².